The molecular weight excluding hydrogens is 378 g/mol. The predicted octanol–water partition coefficient (Wildman–Crippen LogP) is 4.18. The highest BCUT2D eigenvalue weighted by molar-refractivity contribution is 9.13. The Morgan fingerprint density at radius 1 is 1.50 bits per heavy atom. The van der Waals surface area contributed by atoms with Crippen LogP contribution in [0.25, 0.3) is 9.75 Å². The lowest BCUT2D eigenvalue weighted by Crippen LogP contribution is -2.02. The van der Waals surface area contributed by atoms with E-state index in [0.29, 0.717) is 5.69 Å². The molecule has 2 aromatic heterocycles. The van der Waals surface area contributed by atoms with Crippen molar-refractivity contribution in [3.63, 3.8) is 0 Å². The zero-order valence-electron chi connectivity index (χ0n) is 7.99. The molecule has 0 N–H and O–H groups in total. The Hall–Kier alpha value is -0.240. The number of carbonyl (C=O) groups is 1. The lowest BCUT2D eigenvalue weighted by Gasteiger charge is -1.97. The standard InChI is InChI=1S/C9H5Br2NO2S2/c1-14-9(13)6-7(15-3-12-6)5-2-4(10)8(11)16-5/h2-3H,1H3. The molecule has 0 atom stereocenters. The number of hydrogen-bond acceptors (Lipinski definition) is 5. The highest BCUT2D eigenvalue weighted by Gasteiger charge is 2.19. The lowest BCUT2D eigenvalue weighted by atomic mass is 10.3. The maximum Gasteiger partial charge on any atom is 0.358 e. The second-order valence-corrected chi connectivity index (χ2v) is 6.83. The summed E-state index contributed by atoms with van der Waals surface area (Å²) in [7, 11) is 1.35. The maximum atomic E-state index is 11.5. The molecule has 0 aromatic carbocycles. The number of esters is 1. The molecule has 2 rings (SSSR count). The number of thiazole rings is 1. The number of rotatable bonds is 2. The number of carbonyl (C=O) groups excluding carboxylic acids is 1. The van der Waals surface area contributed by atoms with E-state index in [9.17, 15) is 4.79 Å². The van der Waals surface area contributed by atoms with Crippen molar-refractivity contribution in [3.05, 3.63) is 25.5 Å². The summed E-state index contributed by atoms with van der Waals surface area (Å²) in [6.07, 6.45) is 0. The van der Waals surface area contributed by atoms with Gasteiger partial charge < -0.3 is 4.74 Å². The van der Waals surface area contributed by atoms with Crippen LogP contribution in [0.4, 0.5) is 0 Å². The SMILES string of the molecule is COC(=O)c1ncsc1-c1cc(Br)c(Br)s1. The van der Waals surface area contributed by atoms with E-state index in [1.165, 1.54) is 18.4 Å². The van der Waals surface area contributed by atoms with Crippen LogP contribution in [0.1, 0.15) is 10.5 Å². The third-order valence-corrected chi connectivity index (χ3v) is 6.08. The van der Waals surface area contributed by atoms with E-state index in [4.69, 9.17) is 0 Å². The van der Waals surface area contributed by atoms with E-state index in [1.54, 1.807) is 16.8 Å². The third kappa shape index (κ3) is 2.22. The summed E-state index contributed by atoms with van der Waals surface area (Å²) in [5.41, 5.74) is 2.01. The highest BCUT2D eigenvalue weighted by Crippen LogP contribution is 2.40. The first-order chi connectivity index (χ1) is 7.63. The first kappa shape index (κ1) is 12.2. The molecule has 2 heterocycles. The fourth-order valence-electron chi connectivity index (χ4n) is 1.12. The summed E-state index contributed by atoms with van der Waals surface area (Å²) >= 11 is 9.80. The van der Waals surface area contributed by atoms with E-state index in [1.807, 2.05) is 6.07 Å². The average Bonchev–Trinajstić information content (AvgIpc) is 2.85. The summed E-state index contributed by atoms with van der Waals surface area (Å²) < 4.78 is 6.64. The molecule has 16 heavy (non-hydrogen) atoms. The molecule has 0 fully saturated rings. The molecule has 0 spiro atoms. The van der Waals surface area contributed by atoms with Gasteiger partial charge in [-0.25, -0.2) is 9.78 Å². The van der Waals surface area contributed by atoms with Crippen molar-refractivity contribution in [3.8, 4) is 9.75 Å². The second kappa shape index (κ2) is 4.95. The van der Waals surface area contributed by atoms with Crippen LogP contribution < -0.4 is 0 Å². The molecule has 0 saturated heterocycles. The Morgan fingerprint density at radius 2 is 2.25 bits per heavy atom. The monoisotopic (exact) mass is 381 g/mol. The van der Waals surface area contributed by atoms with Crippen LogP contribution in [0, 0.1) is 0 Å². The largest absolute Gasteiger partial charge is 0.464 e. The van der Waals surface area contributed by atoms with Gasteiger partial charge in [0.2, 0.25) is 0 Å². The van der Waals surface area contributed by atoms with Crippen molar-refractivity contribution in [1.29, 1.82) is 0 Å². The first-order valence-corrected chi connectivity index (χ1v) is 7.38. The molecule has 7 heteroatoms. The number of aromatic nitrogens is 1. The van der Waals surface area contributed by atoms with Gasteiger partial charge in [-0.3, -0.25) is 0 Å². The van der Waals surface area contributed by atoms with Gasteiger partial charge in [0, 0.05) is 9.35 Å². The van der Waals surface area contributed by atoms with E-state index in [2.05, 4.69) is 41.6 Å². The van der Waals surface area contributed by atoms with E-state index >= 15 is 0 Å². The molecule has 0 saturated carbocycles. The van der Waals surface area contributed by atoms with E-state index in [-0.39, 0.29) is 0 Å². The fourth-order valence-corrected chi connectivity index (χ4v) is 4.05. The Bertz CT molecular complexity index is 516. The van der Waals surface area contributed by atoms with Gasteiger partial charge in [0.1, 0.15) is 0 Å². The fraction of sp³-hybridized carbons (Fsp3) is 0.111. The van der Waals surface area contributed by atoms with Gasteiger partial charge in [0.05, 0.1) is 21.3 Å². The Labute approximate surface area is 117 Å². The van der Waals surface area contributed by atoms with Crippen LogP contribution in [-0.2, 0) is 4.74 Å². The molecule has 0 radical (unpaired) electrons. The van der Waals surface area contributed by atoms with Crippen LogP contribution in [0.2, 0.25) is 0 Å². The molecule has 0 aliphatic carbocycles. The van der Waals surface area contributed by atoms with Crippen molar-refractivity contribution in [2.24, 2.45) is 0 Å². The van der Waals surface area contributed by atoms with Crippen LogP contribution >= 0.6 is 54.5 Å². The first-order valence-electron chi connectivity index (χ1n) is 4.10. The summed E-state index contributed by atoms with van der Waals surface area (Å²) in [6, 6.07) is 1.95. The molecular formula is C9H5Br2NO2S2. The predicted molar refractivity (Wildman–Crippen MR) is 72.2 cm³/mol. The lowest BCUT2D eigenvalue weighted by molar-refractivity contribution is 0.0596. The zero-order chi connectivity index (χ0) is 11.7. The number of ether oxygens (including phenoxy) is 1. The minimum atomic E-state index is -0.406. The van der Waals surface area contributed by atoms with Crippen LogP contribution in [0.3, 0.4) is 0 Å². The van der Waals surface area contributed by atoms with Gasteiger partial charge in [0.25, 0.3) is 0 Å². The normalized spacial score (nSPS) is 10.4. The van der Waals surface area contributed by atoms with Gasteiger partial charge in [-0.15, -0.1) is 22.7 Å². The Kier molecular flexibility index (Phi) is 3.78. The molecule has 84 valence electrons. The van der Waals surface area contributed by atoms with Crippen molar-refractivity contribution in [2.45, 2.75) is 0 Å². The van der Waals surface area contributed by atoms with Crippen LogP contribution in [-0.4, -0.2) is 18.1 Å². The van der Waals surface area contributed by atoms with Gasteiger partial charge in [-0.05, 0) is 37.9 Å². The molecule has 0 aliphatic rings. The topological polar surface area (TPSA) is 39.2 Å². The molecule has 2 aromatic rings. The number of methoxy groups -OCH3 is 1. The number of hydrogen-bond donors (Lipinski definition) is 0. The number of nitrogens with zero attached hydrogens (tertiary/aromatic N) is 1. The smallest absolute Gasteiger partial charge is 0.358 e. The van der Waals surface area contributed by atoms with Crippen molar-refractivity contribution < 1.29 is 9.53 Å². The molecule has 0 bridgehead atoms. The van der Waals surface area contributed by atoms with Crippen LogP contribution in [0.5, 0.6) is 0 Å². The summed E-state index contributed by atoms with van der Waals surface area (Å²) in [6.45, 7) is 0. The van der Waals surface area contributed by atoms with Crippen molar-refractivity contribution in [2.75, 3.05) is 7.11 Å². The highest BCUT2D eigenvalue weighted by atomic mass is 79.9. The van der Waals surface area contributed by atoms with Crippen molar-refractivity contribution >= 4 is 60.5 Å². The molecule has 3 nitrogen and oxygen atoms in total. The summed E-state index contributed by atoms with van der Waals surface area (Å²) in [5, 5.41) is 0. The second-order valence-electron chi connectivity index (χ2n) is 2.75. The quantitative estimate of drug-likeness (QED) is 0.731. The summed E-state index contributed by atoms with van der Waals surface area (Å²) in [4.78, 5) is 17.3. The minimum absolute atomic E-state index is 0.369. The maximum absolute atomic E-state index is 11.5. The summed E-state index contributed by atoms with van der Waals surface area (Å²) in [5.74, 6) is -0.406. The Morgan fingerprint density at radius 3 is 2.81 bits per heavy atom. The number of halogens is 2. The molecule has 0 aliphatic heterocycles. The zero-order valence-corrected chi connectivity index (χ0v) is 12.8. The minimum Gasteiger partial charge on any atom is -0.464 e. The van der Waals surface area contributed by atoms with E-state index in [0.717, 1.165) is 18.0 Å². The van der Waals surface area contributed by atoms with Crippen molar-refractivity contribution in [1.82, 2.24) is 4.98 Å². The Balaban J connectivity index is 2.48. The van der Waals surface area contributed by atoms with Gasteiger partial charge in [-0.1, -0.05) is 0 Å². The van der Waals surface area contributed by atoms with E-state index < -0.39 is 5.97 Å². The van der Waals surface area contributed by atoms with Gasteiger partial charge in [0.15, 0.2) is 5.69 Å². The third-order valence-electron chi connectivity index (χ3n) is 1.82. The number of thiophene rings is 1. The van der Waals surface area contributed by atoms with Gasteiger partial charge in [-0.2, -0.15) is 0 Å². The average molecular weight is 383 g/mol. The van der Waals surface area contributed by atoms with Crippen LogP contribution in [0.15, 0.2) is 19.8 Å². The van der Waals surface area contributed by atoms with Gasteiger partial charge >= 0.3 is 5.97 Å². The molecule has 0 amide bonds. The molecule has 0 unspecified atom stereocenters.